The van der Waals surface area contributed by atoms with Gasteiger partial charge in [-0.2, -0.15) is 0 Å². The number of rotatable bonds is 6. The van der Waals surface area contributed by atoms with Gasteiger partial charge in [0.2, 0.25) is 0 Å². The summed E-state index contributed by atoms with van der Waals surface area (Å²) in [6, 6.07) is 9.81. The molecule has 0 fully saturated rings. The summed E-state index contributed by atoms with van der Waals surface area (Å²) >= 11 is 0. The molecule has 0 bridgehead atoms. The number of nitrogens with zero attached hydrogens (tertiary/aromatic N) is 1. The third-order valence-corrected chi connectivity index (χ3v) is 6.11. The van der Waals surface area contributed by atoms with Crippen molar-refractivity contribution in [3.8, 4) is 0 Å². The second-order valence-electron chi connectivity index (χ2n) is 8.46. The first-order valence-electron chi connectivity index (χ1n) is 9.30. The van der Waals surface area contributed by atoms with Gasteiger partial charge in [-0.25, -0.2) is 8.93 Å². The first-order chi connectivity index (χ1) is 12.9. The zero-order chi connectivity index (χ0) is 21.1. The summed E-state index contributed by atoms with van der Waals surface area (Å²) < 4.78 is 20.0. The SMILES string of the molecule is COC(=O)C(C)(C)/C=C/c1ccc2ccc([C@@H](C)NS(=O)C(C)(C)C)nc2c1. The normalized spacial score (nSPS) is 15.0. The minimum atomic E-state index is -1.17. The molecular weight excluding hydrogens is 372 g/mol. The standard InChI is InChI=1S/C22H30N2O3S/c1-15(24-28(26)21(2,3)4)18-11-10-17-9-8-16(14-19(17)23-18)12-13-22(5,6)20(25)27-7/h8-15,24H,1-7H3/b13-12+/t15-,28?/m1/s1. The van der Waals surface area contributed by atoms with E-state index in [0.717, 1.165) is 22.2 Å². The zero-order valence-corrected chi connectivity index (χ0v) is 18.5. The van der Waals surface area contributed by atoms with Crippen LogP contribution in [0.25, 0.3) is 17.0 Å². The van der Waals surface area contributed by atoms with Crippen molar-refractivity contribution in [1.82, 2.24) is 9.71 Å². The number of hydrogen-bond acceptors (Lipinski definition) is 4. The molecule has 1 aromatic heterocycles. The van der Waals surface area contributed by atoms with Crippen molar-refractivity contribution < 1.29 is 13.7 Å². The van der Waals surface area contributed by atoms with E-state index in [4.69, 9.17) is 9.72 Å². The number of nitrogens with one attached hydrogen (secondary N) is 1. The molecule has 6 heteroatoms. The van der Waals surface area contributed by atoms with Gasteiger partial charge in [0.15, 0.2) is 0 Å². The molecule has 0 radical (unpaired) electrons. The Morgan fingerprint density at radius 1 is 1.18 bits per heavy atom. The quantitative estimate of drug-likeness (QED) is 0.719. The number of carbonyl (C=O) groups is 1. The highest BCUT2D eigenvalue weighted by atomic mass is 32.2. The predicted octanol–water partition coefficient (Wildman–Crippen LogP) is 4.56. The van der Waals surface area contributed by atoms with Crippen molar-refractivity contribution in [2.75, 3.05) is 7.11 Å². The minimum absolute atomic E-state index is 0.137. The van der Waals surface area contributed by atoms with Crippen LogP contribution in [0.1, 0.15) is 58.8 Å². The number of fused-ring (bicyclic) bond motifs is 1. The van der Waals surface area contributed by atoms with Gasteiger partial charge in [-0.05, 0) is 59.2 Å². The number of ether oxygens (including phenoxy) is 1. The summed E-state index contributed by atoms with van der Waals surface area (Å²) in [5, 5.41) is 1.03. The monoisotopic (exact) mass is 402 g/mol. The van der Waals surface area contributed by atoms with Crippen molar-refractivity contribution in [3.05, 3.63) is 47.7 Å². The van der Waals surface area contributed by atoms with E-state index in [9.17, 15) is 9.00 Å². The Bertz CT molecular complexity index is 914. The summed E-state index contributed by atoms with van der Waals surface area (Å²) in [5.74, 6) is -0.281. The highest BCUT2D eigenvalue weighted by Crippen LogP contribution is 2.23. The van der Waals surface area contributed by atoms with Gasteiger partial charge < -0.3 is 4.74 Å². The first-order valence-corrected chi connectivity index (χ1v) is 10.5. The highest BCUT2D eigenvalue weighted by Gasteiger charge is 2.25. The van der Waals surface area contributed by atoms with E-state index in [1.807, 2.05) is 84.0 Å². The van der Waals surface area contributed by atoms with Crippen LogP contribution >= 0.6 is 0 Å². The Balaban J connectivity index is 2.28. The summed E-state index contributed by atoms with van der Waals surface area (Å²) in [6.45, 7) is 11.4. The van der Waals surface area contributed by atoms with Gasteiger partial charge in [0.25, 0.3) is 0 Å². The molecule has 5 nitrogen and oxygen atoms in total. The summed E-state index contributed by atoms with van der Waals surface area (Å²) in [6.07, 6.45) is 3.74. The fourth-order valence-corrected chi connectivity index (χ4v) is 3.32. The van der Waals surface area contributed by atoms with Crippen LogP contribution in [-0.4, -0.2) is 27.0 Å². The van der Waals surface area contributed by atoms with Crippen LogP contribution in [0.3, 0.4) is 0 Å². The van der Waals surface area contributed by atoms with Crippen LogP contribution in [0.5, 0.6) is 0 Å². The minimum Gasteiger partial charge on any atom is -0.468 e. The Labute approximate surface area is 170 Å². The van der Waals surface area contributed by atoms with Crippen molar-refractivity contribution >= 4 is 33.9 Å². The maximum atomic E-state index is 12.4. The van der Waals surface area contributed by atoms with Gasteiger partial charge in [0.1, 0.15) is 0 Å². The molecule has 2 aromatic rings. The van der Waals surface area contributed by atoms with Crippen molar-refractivity contribution in [1.29, 1.82) is 0 Å². The Hall–Kier alpha value is -2.05. The fraction of sp³-hybridized carbons (Fsp3) is 0.455. The molecule has 0 spiro atoms. The van der Waals surface area contributed by atoms with E-state index in [1.54, 1.807) is 0 Å². The first kappa shape index (κ1) is 22.2. The van der Waals surface area contributed by atoms with E-state index in [2.05, 4.69) is 4.72 Å². The predicted molar refractivity (Wildman–Crippen MR) is 116 cm³/mol. The molecule has 1 aromatic carbocycles. The number of pyridine rings is 1. The largest absolute Gasteiger partial charge is 0.468 e. The Kier molecular flexibility index (Phi) is 6.78. The van der Waals surface area contributed by atoms with E-state index < -0.39 is 16.4 Å². The van der Waals surface area contributed by atoms with Gasteiger partial charge in [-0.3, -0.25) is 9.78 Å². The molecule has 0 aliphatic carbocycles. The molecule has 0 saturated carbocycles. The average molecular weight is 403 g/mol. The molecule has 1 N–H and O–H groups in total. The van der Waals surface area contributed by atoms with E-state index in [0.29, 0.717) is 0 Å². The molecule has 2 rings (SSSR count). The number of carbonyl (C=O) groups excluding carboxylic acids is 1. The average Bonchev–Trinajstić information content (AvgIpc) is 2.64. The van der Waals surface area contributed by atoms with Crippen molar-refractivity contribution in [2.24, 2.45) is 5.41 Å². The molecule has 28 heavy (non-hydrogen) atoms. The van der Waals surface area contributed by atoms with Crippen LogP contribution in [-0.2, 0) is 20.5 Å². The lowest BCUT2D eigenvalue weighted by Crippen LogP contribution is -2.35. The fourth-order valence-electron chi connectivity index (χ4n) is 2.53. The molecule has 152 valence electrons. The molecule has 0 aliphatic rings. The molecule has 0 saturated heterocycles. The highest BCUT2D eigenvalue weighted by molar-refractivity contribution is 7.84. The lowest BCUT2D eigenvalue weighted by atomic mass is 9.92. The molecule has 0 amide bonds. The van der Waals surface area contributed by atoms with Gasteiger partial charge in [0.05, 0.1) is 45.5 Å². The van der Waals surface area contributed by atoms with Crippen LogP contribution < -0.4 is 4.72 Å². The van der Waals surface area contributed by atoms with Crippen LogP contribution in [0.2, 0.25) is 0 Å². The van der Waals surface area contributed by atoms with Gasteiger partial charge in [-0.1, -0.05) is 30.4 Å². The summed E-state index contributed by atoms with van der Waals surface area (Å²) in [4.78, 5) is 16.6. The van der Waals surface area contributed by atoms with E-state index in [-0.39, 0.29) is 16.8 Å². The third-order valence-electron chi connectivity index (χ3n) is 4.43. The number of benzene rings is 1. The molecule has 0 aliphatic heterocycles. The van der Waals surface area contributed by atoms with Crippen LogP contribution in [0.15, 0.2) is 36.4 Å². The molecule has 1 heterocycles. The molecule has 1 unspecified atom stereocenters. The number of methoxy groups -OCH3 is 1. The van der Waals surface area contributed by atoms with Crippen molar-refractivity contribution in [2.45, 2.75) is 52.3 Å². The van der Waals surface area contributed by atoms with Gasteiger partial charge in [0, 0.05) is 5.39 Å². The van der Waals surface area contributed by atoms with Crippen molar-refractivity contribution in [3.63, 3.8) is 0 Å². The van der Waals surface area contributed by atoms with Gasteiger partial charge in [-0.15, -0.1) is 0 Å². The Morgan fingerprint density at radius 2 is 1.82 bits per heavy atom. The van der Waals surface area contributed by atoms with Crippen LogP contribution in [0, 0.1) is 5.41 Å². The zero-order valence-electron chi connectivity index (χ0n) is 17.7. The maximum Gasteiger partial charge on any atom is 0.315 e. The topological polar surface area (TPSA) is 68.3 Å². The summed E-state index contributed by atoms with van der Waals surface area (Å²) in [5.41, 5.74) is 1.94. The number of esters is 1. The van der Waals surface area contributed by atoms with Gasteiger partial charge >= 0.3 is 5.97 Å². The Morgan fingerprint density at radius 3 is 2.43 bits per heavy atom. The van der Waals surface area contributed by atoms with Crippen LogP contribution in [0.4, 0.5) is 0 Å². The lowest BCUT2D eigenvalue weighted by molar-refractivity contribution is -0.148. The third kappa shape index (κ3) is 5.49. The van der Waals surface area contributed by atoms with E-state index in [1.165, 1.54) is 7.11 Å². The number of hydrogen-bond donors (Lipinski definition) is 1. The molecular formula is C22H30N2O3S. The summed E-state index contributed by atoms with van der Waals surface area (Å²) in [7, 11) is 0.221. The van der Waals surface area contributed by atoms with E-state index >= 15 is 0 Å². The second kappa shape index (κ2) is 8.53. The molecule has 2 atom stereocenters. The smallest absolute Gasteiger partial charge is 0.315 e. The maximum absolute atomic E-state index is 12.4. The lowest BCUT2D eigenvalue weighted by Gasteiger charge is -2.21. The number of aromatic nitrogens is 1. The second-order valence-corrected chi connectivity index (χ2v) is 10.5.